The Bertz CT molecular complexity index is 2810. The van der Waals surface area contributed by atoms with Crippen molar-refractivity contribution in [1.82, 2.24) is 9.97 Å². The zero-order valence-corrected chi connectivity index (χ0v) is 24.6. The summed E-state index contributed by atoms with van der Waals surface area (Å²) in [6.07, 6.45) is 0. The highest BCUT2D eigenvalue weighted by atomic mass is 16.3. The first-order valence-electron chi connectivity index (χ1n) is 15.4. The van der Waals surface area contributed by atoms with E-state index >= 15 is 0 Å². The van der Waals surface area contributed by atoms with Crippen LogP contribution < -0.4 is 0 Å². The topological polar surface area (TPSA) is 52.1 Å². The maximum Gasteiger partial charge on any atom is 0.180 e. The van der Waals surface area contributed by atoms with Crippen LogP contribution >= 0.6 is 0 Å². The fraction of sp³-hybridized carbons (Fsp3) is 0. The molecule has 0 bridgehead atoms. The van der Waals surface area contributed by atoms with Gasteiger partial charge in [-0.25, -0.2) is 9.97 Å². The molecule has 0 N–H and O–H groups in total. The van der Waals surface area contributed by atoms with E-state index in [2.05, 4.69) is 121 Å². The van der Waals surface area contributed by atoms with Crippen LogP contribution in [0.4, 0.5) is 0 Å². The molecule has 10 aromatic rings. The lowest BCUT2D eigenvalue weighted by molar-refractivity contribution is 0.667. The van der Waals surface area contributed by atoms with Crippen LogP contribution in [0.15, 0.2) is 154 Å². The summed E-state index contributed by atoms with van der Waals surface area (Å²) >= 11 is 0. The molecule has 0 radical (unpaired) electrons. The first-order chi connectivity index (χ1) is 22.8. The minimum Gasteiger partial charge on any atom is -0.455 e. The standard InChI is InChI=1S/C42H24N2O2/c1-2-12-26(13-3-1)29-18-10-19-32-35-24-34(30-15-6-7-16-31(30)40(35)46-39(29)32)38-41-37(33-17-8-9-20-36(33)45-41)43-42(44-38)28-22-21-25-11-4-5-14-27(25)23-28/h1-24H. The van der Waals surface area contributed by atoms with Crippen molar-refractivity contribution in [2.45, 2.75) is 0 Å². The number of rotatable bonds is 3. The van der Waals surface area contributed by atoms with E-state index in [9.17, 15) is 0 Å². The van der Waals surface area contributed by atoms with Crippen LogP contribution in [0.3, 0.4) is 0 Å². The van der Waals surface area contributed by atoms with Gasteiger partial charge < -0.3 is 8.83 Å². The summed E-state index contributed by atoms with van der Waals surface area (Å²) in [5, 5.41) is 7.47. The summed E-state index contributed by atoms with van der Waals surface area (Å²) < 4.78 is 13.3. The molecule has 0 atom stereocenters. The van der Waals surface area contributed by atoms with Crippen LogP contribution in [-0.4, -0.2) is 9.97 Å². The number of benzene rings is 7. The highest BCUT2D eigenvalue weighted by Crippen LogP contribution is 2.44. The molecular weight excluding hydrogens is 564 g/mol. The Morgan fingerprint density at radius 3 is 2.00 bits per heavy atom. The average Bonchev–Trinajstić information content (AvgIpc) is 3.70. The number of furan rings is 2. The highest BCUT2D eigenvalue weighted by Gasteiger charge is 2.23. The van der Waals surface area contributed by atoms with Gasteiger partial charge in [0, 0.05) is 38.2 Å². The van der Waals surface area contributed by atoms with Gasteiger partial charge in [0.25, 0.3) is 0 Å². The molecule has 0 amide bonds. The molecule has 0 fully saturated rings. The van der Waals surface area contributed by atoms with Crippen LogP contribution in [0, 0.1) is 0 Å². The molecule has 0 unspecified atom stereocenters. The molecule has 10 rings (SSSR count). The fourth-order valence-electron chi connectivity index (χ4n) is 6.89. The van der Waals surface area contributed by atoms with Crippen molar-refractivity contribution in [2.24, 2.45) is 0 Å². The molecule has 0 aliphatic rings. The lowest BCUT2D eigenvalue weighted by Gasteiger charge is -2.10. The second kappa shape index (κ2) is 9.62. The van der Waals surface area contributed by atoms with E-state index in [0.717, 1.165) is 82.5 Å². The van der Waals surface area contributed by atoms with Crippen LogP contribution in [0.25, 0.3) is 99.3 Å². The molecule has 214 valence electrons. The predicted molar refractivity (Wildman–Crippen MR) is 188 cm³/mol. The predicted octanol–water partition coefficient (Wildman–Crippen LogP) is 11.6. The van der Waals surface area contributed by atoms with Crippen molar-refractivity contribution in [3.63, 3.8) is 0 Å². The van der Waals surface area contributed by atoms with Gasteiger partial charge in [-0.05, 0) is 46.0 Å². The largest absolute Gasteiger partial charge is 0.455 e. The maximum atomic E-state index is 6.76. The van der Waals surface area contributed by atoms with Crippen LogP contribution in [0.1, 0.15) is 0 Å². The van der Waals surface area contributed by atoms with Crippen LogP contribution in [-0.2, 0) is 0 Å². The smallest absolute Gasteiger partial charge is 0.180 e. The lowest BCUT2D eigenvalue weighted by Crippen LogP contribution is -1.95. The zero-order chi connectivity index (χ0) is 30.2. The molecule has 46 heavy (non-hydrogen) atoms. The van der Waals surface area contributed by atoms with Gasteiger partial charge in [-0.1, -0.05) is 121 Å². The summed E-state index contributed by atoms with van der Waals surface area (Å²) in [6.45, 7) is 0. The van der Waals surface area contributed by atoms with E-state index in [1.54, 1.807) is 0 Å². The molecule has 0 aliphatic carbocycles. The van der Waals surface area contributed by atoms with Crippen LogP contribution in [0.2, 0.25) is 0 Å². The zero-order valence-electron chi connectivity index (χ0n) is 24.6. The minimum atomic E-state index is 0.660. The SMILES string of the molecule is c1ccc(-c2cccc3c2oc2c4ccccc4c(-c4nc(-c5ccc6ccccc6c5)nc5c4oc4ccccc45)cc32)cc1. The van der Waals surface area contributed by atoms with Gasteiger partial charge in [0.2, 0.25) is 0 Å². The van der Waals surface area contributed by atoms with E-state index in [1.807, 2.05) is 24.3 Å². The number of hydrogen-bond acceptors (Lipinski definition) is 4. The van der Waals surface area contributed by atoms with Crippen LogP contribution in [0.5, 0.6) is 0 Å². The molecule has 4 heteroatoms. The van der Waals surface area contributed by atoms with Crippen molar-refractivity contribution in [1.29, 1.82) is 0 Å². The Hall–Kier alpha value is -6.26. The Labute approximate surface area is 263 Å². The summed E-state index contributed by atoms with van der Waals surface area (Å²) in [7, 11) is 0. The van der Waals surface area contributed by atoms with E-state index in [-0.39, 0.29) is 0 Å². The molecule has 3 heterocycles. The summed E-state index contributed by atoms with van der Waals surface area (Å²) in [5.41, 5.74) is 8.89. The van der Waals surface area contributed by atoms with E-state index in [0.29, 0.717) is 11.4 Å². The first kappa shape index (κ1) is 25.1. The quantitative estimate of drug-likeness (QED) is 0.206. The molecular formula is C42H24N2O2. The summed E-state index contributed by atoms with van der Waals surface area (Å²) in [4.78, 5) is 10.4. The monoisotopic (exact) mass is 588 g/mol. The highest BCUT2D eigenvalue weighted by molar-refractivity contribution is 6.22. The number of para-hydroxylation sites is 2. The van der Waals surface area contributed by atoms with E-state index in [1.165, 1.54) is 5.39 Å². The molecule has 0 saturated heterocycles. The number of hydrogen-bond donors (Lipinski definition) is 0. The third-order valence-corrected chi connectivity index (χ3v) is 9.07. The van der Waals surface area contributed by atoms with Gasteiger partial charge in [0.05, 0.1) is 0 Å². The molecule has 7 aromatic carbocycles. The normalized spacial score (nSPS) is 11.9. The molecule has 0 spiro atoms. The Morgan fingerprint density at radius 1 is 0.391 bits per heavy atom. The molecule has 0 aliphatic heterocycles. The van der Waals surface area contributed by atoms with Crippen molar-refractivity contribution in [3.8, 4) is 33.8 Å². The second-order valence-corrected chi connectivity index (χ2v) is 11.7. The third kappa shape index (κ3) is 3.67. The van der Waals surface area contributed by atoms with Crippen molar-refractivity contribution in [2.75, 3.05) is 0 Å². The van der Waals surface area contributed by atoms with Gasteiger partial charge in [0.1, 0.15) is 28.0 Å². The molecule has 4 nitrogen and oxygen atoms in total. The van der Waals surface area contributed by atoms with Crippen molar-refractivity contribution >= 4 is 65.6 Å². The number of nitrogens with zero attached hydrogens (tertiary/aromatic N) is 2. The Morgan fingerprint density at radius 2 is 1.11 bits per heavy atom. The average molecular weight is 589 g/mol. The molecule has 3 aromatic heterocycles. The molecule has 0 saturated carbocycles. The van der Waals surface area contributed by atoms with Gasteiger partial charge in [-0.3, -0.25) is 0 Å². The Balaban J connectivity index is 1.32. The third-order valence-electron chi connectivity index (χ3n) is 9.07. The fourth-order valence-corrected chi connectivity index (χ4v) is 6.89. The second-order valence-electron chi connectivity index (χ2n) is 11.7. The van der Waals surface area contributed by atoms with Gasteiger partial charge in [0.15, 0.2) is 11.4 Å². The van der Waals surface area contributed by atoms with Crippen molar-refractivity contribution < 1.29 is 8.83 Å². The number of fused-ring (bicyclic) bond motifs is 9. The van der Waals surface area contributed by atoms with E-state index in [4.69, 9.17) is 18.8 Å². The Kier molecular flexibility index (Phi) is 5.25. The van der Waals surface area contributed by atoms with Gasteiger partial charge in [-0.15, -0.1) is 0 Å². The number of aromatic nitrogens is 2. The van der Waals surface area contributed by atoms with Gasteiger partial charge >= 0.3 is 0 Å². The lowest BCUT2D eigenvalue weighted by atomic mass is 9.96. The van der Waals surface area contributed by atoms with Crippen molar-refractivity contribution in [3.05, 3.63) is 146 Å². The minimum absolute atomic E-state index is 0.660. The van der Waals surface area contributed by atoms with E-state index < -0.39 is 0 Å². The maximum absolute atomic E-state index is 6.76. The van der Waals surface area contributed by atoms with Gasteiger partial charge in [-0.2, -0.15) is 0 Å². The summed E-state index contributed by atoms with van der Waals surface area (Å²) in [6, 6.07) is 50.3. The first-order valence-corrected chi connectivity index (χ1v) is 15.4. The summed E-state index contributed by atoms with van der Waals surface area (Å²) in [5.74, 6) is 0.660.